The van der Waals surface area contributed by atoms with Gasteiger partial charge in [-0.25, -0.2) is 9.59 Å². The average Bonchev–Trinajstić information content (AvgIpc) is 3.36. The summed E-state index contributed by atoms with van der Waals surface area (Å²) >= 11 is 1.17. The molecule has 0 aliphatic heterocycles. The minimum Gasteiger partial charge on any atom is -0.462 e. The van der Waals surface area contributed by atoms with Crippen molar-refractivity contribution in [3.8, 4) is 11.1 Å². The third-order valence-corrected chi connectivity index (χ3v) is 6.54. The molecule has 4 aromatic rings. The molecule has 0 radical (unpaired) electrons. The largest absolute Gasteiger partial charge is 0.462 e. The van der Waals surface area contributed by atoms with E-state index in [0.717, 1.165) is 11.1 Å². The number of ketones is 1. The van der Waals surface area contributed by atoms with Crippen molar-refractivity contribution in [3.05, 3.63) is 112 Å². The summed E-state index contributed by atoms with van der Waals surface area (Å²) in [6, 6.07) is 22.6. The van der Waals surface area contributed by atoms with Crippen molar-refractivity contribution in [2.45, 2.75) is 13.8 Å². The Morgan fingerprint density at radius 3 is 2.13 bits per heavy atom. The van der Waals surface area contributed by atoms with Crippen LogP contribution in [0.2, 0.25) is 0 Å². The summed E-state index contributed by atoms with van der Waals surface area (Å²) in [6.07, 6.45) is 0. The van der Waals surface area contributed by atoms with Gasteiger partial charge in [0.05, 0.1) is 12.2 Å². The van der Waals surface area contributed by atoms with Crippen LogP contribution < -0.4 is 5.32 Å². The van der Waals surface area contributed by atoms with Crippen molar-refractivity contribution >= 4 is 40.0 Å². The van der Waals surface area contributed by atoms with Crippen molar-refractivity contribution < 1.29 is 28.7 Å². The van der Waals surface area contributed by atoms with Gasteiger partial charge >= 0.3 is 11.9 Å². The molecule has 1 N–H and O–H groups in total. The van der Waals surface area contributed by atoms with Gasteiger partial charge in [-0.2, -0.15) is 0 Å². The number of hydrogen-bond donors (Lipinski definition) is 1. The number of hydrogen-bond acceptors (Lipinski definition) is 7. The summed E-state index contributed by atoms with van der Waals surface area (Å²) in [7, 11) is 0. The number of ether oxygens (including phenoxy) is 2. The Hall–Kier alpha value is -4.56. The summed E-state index contributed by atoms with van der Waals surface area (Å²) in [5.41, 5.74) is 3.34. The number of esters is 2. The maximum atomic E-state index is 13.0. The van der Waals surface area contributed by atoms with Crippen molar-refractivity contribution in [2.24, 2.45) is 0 Å². The van der Waals surface area contributed by atoms with Crippen LogP contribution in [0.1, 0.15) is 49.1 Å². The highest BCUT2D eigenvalue weighted by molar-refractivity contribution is 7.15. The Balaban J connectivity index is 1.48. The number of nitrogens with one attached hydrogen (secondary N) is 1. The Morgan fingerprint density at radius 1 is 0.789 bits per heavy atom. The highest BCUT2D eigenvalue weighted by Crippen LogP contribution is 2.36. The van der Waals surface area contributed by atoms with Crippen LogP contribution in [0.3, 0.4) is 0 Å². The van der Waals surface area contributed by atoms with E-state index < -0.39 is 24.5 Å². The fourth-order valence-corrected chi connectivity index (χ4v) is 4.75. The number of benzene rings is 3. The number of rotatable bonds is 9. The Kier molecular flexibility index (Phi) is 8.45. The van der Waals surface area contributed by atoms with Gasteiger partial charge in [0.25, 0.3) is 5.91 Å². The lowest BCUT2D eigenvalue weighted by atomic mass is 9.98. The second kappa shape index (κ2) is 12.1. The Bertz CT molecular complexity index is 1470. The lowest BCUT2D eigenvalue weighted by Gasteiger charge is -2.11. The van der Waals surface area contributed by atoms with E-state index in [4.69, 9.17) is 9.47 Å². The molecular weight excluding hydrogens is 502 g/mol. The van der Waals surface area contributed by atoms with Crippen molar-refractivity contribution in [1.29, 1.82) is 0 Å². The SMILES string of the molecule is CCOC(=O)c1c(-c2ccccc2)csc1NC(=O)COC(=O)c1ccccc1C(=O)c1ccc(C)cc1. The first-order chi connectivity index (χ1) is 18.4. The molecule has 0 saturated heterocycles. The molecule has 0 bridgehead atoms. The zero-order valence-electron chi connectivity index (χ0n) is 20.9. The van der Waals surface area contributed by atoms with Crippen molar-refractivity contribution in [2.75, 3.05) is 18.5 Å². The zero-order chi connectivity index (χ0) is 27.1. The van der Waals surface area contributed by atoms with Gasteiger partial charge < -0.3 is 14.8 Å². The van der Waals surface area contributed by atoms with Crippen molar-refractivity contribution in [1.82, 2.24) is 0 Å². The molecule has 3 aromatic carbocycles. The van der Waals surface area contributed by atoms with E-state index in [2.05, 4.69) is 5.32 Å². The lowest BCUT2D eigenvalue weighted by molar-refractivity contribution is -0.119. The number of carbonyl (C=O) groups is 4. The van der Waals surface area contributed by atoms with Gasteiger partial charge in [-0.15, -0.1) is 11.3 Å². The average molecular weight is 528 g/mol. The van der Waals surface area contributed by atoms with Gasteiger partial charge in [-0.3, -0.25) is 9.59 Å². The number of carbonyl (C=O) groups excluding carboxylic acids is 4. The highest BCUT2D eigenvalue weighted by Gasteiger charge is 2.24. The van der Waals surface area contributed by atoms with Crippen LogP contribution in [-0.4, -0.2) is 36.8 Å². The summed E-state index contributed by atoms with van der Waals surface area (Å²) < 4.78 is 10.4. The van der Waals surface area contributed by atoms with Gasteiger partial charge in [0, 0.05) is 22.1 Å². The molecule has 1 aromatic heterocycles. The van der Waals surface area contributed by atoms with E-state index >= 15 is 0 Å². The predicted molar refractivity (Wildman–Crippen MR) is 146 cm³/mol. The minimum absolute atomic E-state index is 0.0561. The summed E-state index contributed by atoms with van der Waals surface area (Å²) in [5, 5.41) is 4.70. The molecule has 1 heterocycles. The van der Waals surface area contributed by atoms with Crippen LogP contribution in [-0.2, 0) is 14.3 Å². The number of aryl methyl sites for hydroxylation is 1. The molecule has 192 valence electrons. The normalized spacial score (nSPS) is 10.5. The Morgan fingerprint density at radius 2 is 1.45 bits per heavy atom. The van der Waals surface area contributed by atoms with E-state index in [1.54, 1.807) is 42.6 Å². The fourth-order valence-electron chi connectivity index (χ4n) is 3.78. The third kappa shape index (κ3) is 6.04. The number of thiophene rings is 1. The van der Waals surface area contributed by atoms with Gasteiger partial charge in [0.2, 0.25) is 0 Å². The van der Waals surface area contributed by atoms with Crippen LogP contribution in [0.15, 0.2) is 84.2 Å². The van der Waals surface area contributed by atoms with Crippen LogP contribution in [0.25, 0.3) is 11.1 Å². The fraction of sp³-hybridized carbons (Fsp3) is 0.133. The number of amides is 1. The van der Waals surface area contributed by atoms with Crippen LogP contribution in [0.4, 0.5) is 5.00 Å². The maximum Gasteiger partial charge on any atom is 0.341 e. The van der Waals surface area contributed by atoms with E-state index in [1.165, 1.54) is 17.4 Å². The van der Waals surface area contributed by atoms with E-state index in [9.17, 15) is 19.2 Å². The van der Waals surface area contributed by atoms with Gasteiger partial charge in [0.15, 0.2) is 12.4 Å². The molecular formula is C30H25NO6S. The molecule has 0 spiro atoms. The lowest BCUT2D eigenvalue weighted by Crippen LogP contribution is -2.22. The van der Waals surface area contributed by atoms with Crippen LogP contribution in [0.5, 0.6) is 0 Å². The first kappa shape index (κ1) is 26.5. The highest BCUT2D eigenvalue weighted by atomic mass is 32.1. The number of anilines is 1. The molecule has 1 amide bonds. The van der Waals surface area contributed by atoms with E-state index in [0.29, 0.717) is 16.1 Å². The second-order valence-electron chi connectivity index (χ2n) is 8.31. The zero-order valence-corrected chi connectivity index (χ0v) is 21.7. The van der Waals surface area contributed by atoms with Gasteiger partial charge in [-0.1, -0.05) is 78.4 Å². The van der Waals surface area contributed by atoms with Gasteiger partial charge in [0.1, 0.15) is 10.6 Å². The summed E-state index contributed by atoms with van der Waals surface area (Å²) in [4.78, 5) is 51.2. The van der Waals surface area contributed by atoms with Crippen LogP contribution >= 0.6 is 11.3 Å². The molecule has 0 unspecified atom stereocenters. The molecule has 7 nitrogen and oxygen atoms in total. The first-order valence-corrected chi connectivity index (χ1v) is 12.8. The molecule has 0 aliphatic rings. The molecule has 8 heteroatoms. The second-order valence-corrected chi connectivity index (χ2v) is 9.18. The van der Waals surface area contributed by atoms with E-state index in [1.807, 2.05) is 49.4 Å². The molecule has 38 heavy (non-hydrogen) atoms. The monoisotopic (exact) mass is 527 g/mol. The van der Waals surface area contributed by atoms with E-state index in [-0.39, 0.29) is 29.1 Å². The molecule has 0 fully saturated rings. The third-order valence-electron chi connectivity index (χ3n) is 5.65. The maximum absolute atomic E-state index is 13.0. The quantitative estimate of drug-likeness (QED) is 0.214. The summed E-state index contributed by atoms with van der Waals surface area (Å²) in [6.45, 7) is 3.19. The topological polar surface area (TPSA) is 98.8 Å². The molecule has 4 rings (SSSR count). The first-order valence-electron chi connectivity index (χ1n) is 11.9. The van der Waals surface area contributed by atoms with Gasteiger partial charge in [-0.05, 0) is 25.5 Å². The molecule has 0 atom stereocenters. The van der Waals surface area contributed by atoms with Crippen molar-refractivity contribution in [3.63, 3.8) is 0 Å². The molecule has 0 aliphatic carbocycles. The van der Waals surface area contributed by atoms with Crippen LogP contribution in [0, 0.1) is 6.92 Å². The standard InChI is InChI=1S/C30H25NO6S/c1-3-36-30(35)26-24(20-9-5-4-6-10-20)18-38-28(26)31-25(32)17-37-29(34)23-12-8-7-11-22(23)27(33)21-15-13-19(2)14-16-21/h4-16,18H,3,17H2,1-2H3,(H,31,32). The molecule has 0 saturated carbocycles. The minimum atomic E-state index is -0.807. The summed E-state index contributed by atoms with van der Waals surface area (Å²) in [5.74, 6) is -2.33. The predicted octanol–water partition coefficient (Wildman–Crippen LogP) is 5.93. The Labute approximate surface area is 224 Å². The smallest absolute Gasteiger partial charge is 0.341 e.